The Hall–Kier alpha value is -2.58. The number of hydrogen-bond acceptors (Lipinski definition) is 2. The molecule has 0 amide bonds. The van der Waals surface area contributed by atoms with Gasteiger partial charge in [0.25, 0.3) is 0 Å². The van der Waals surface area contributed by atoms with Gasteiger partial charge in [-0.15, -0.1) is 0 Å². The lowest BCUT2D eigenvalue weighted by Gasteiger charge is -2.38. The van der Waals surface area contributed by atoms with Crippen molar-refractivity contribution in [2.24, 2.45) is 0 Å². The second-order valence-electron chi connectivity index (χ2n) is 6.43. The van der Waals surface area contributed by atoms with Crippen molar-refractivity contribution in [2.75, 3.05) is 11.6 Å². The summed E-state index contributed by atoms with van der Waals surface area (Å²) < 4.78 is 0. The van der Waals surface area contributed by atoms with Gasteiger partial charge in [0.2, 0.25) is 0 Å². The minimum absolute atomic E-state index is 0.948. The zero-order chi connectivity index (χ0) is 16.2. The summed E-state index contributed by atoms with van der Waals surface area (Å²) in [5, 5.41) is 0. The molecule has 1 heterocycles. The van der Waals surface area contributed by atoms with Gasteiger partial charge in [0.15, 0.2) is 0 Å². The van der Waals surface area contributed by atoms with Crippen molar-refractivity contribution in [1.29, 1.82) is 0 Å². The van der Waals surface area contributed by atoms with Crippen LogP contribution in [0, 0.1) is 0 Å². The van der Waals surface area contributed by atoms with Crippen molar-refractivity contribution in [3.8, 4) is 0 Å². The summed E-state index contributed by atoms with van der Waals surface area (Å²) in [6, 6.07) is 30.3. The zero-order valence-electron chi connectivity index (χ0n) is 13.8. The van der Waals surface area contributed by atoms with Crippen molar-refractivity contribution >= 4 is 5.69 Å². The third-order valence-corrected chi connectivity index (χ3v) is 4.56. The van der Waals surface area contributed by atoms with Gasteiger partial charge in [0.1, 0.15) is 0 Å². The van der Waals surface area contributed by atoms with Crippen LogP contribution in [0.15, 0.2) is 84.9 Å². The SMILES string of the molecule is c1ccc(CN2Cc3ccccc3N(Cc3ccccc3)C2)cc1. The maximum absolute atomic E-state index is 2.51. The van der Waals surface area contributed by atoms with E-state index in [-0.39, 0.29) is 0 Å². The number of benzene rings is 3. The summed E-state index contributed by atoms with van der Waals surface area (Å²) in [6.45, 7) is 3.90. The molecule has 0 unspecified atom stereocenters. The van der Waals surface area contributed by atoms with Gasteiger partial charge in [-0.1, -0.05) is 78.9 Å². The Morgan fingerprint density at radius 1 is 0.625 bits per heavy atom. The summed E-state index contributed by atoms with van der Waals surface area (Å²) in [6.07, 6.45) is 0. The van der Waals surface area contributed by atoms with Crippen LogP contribution >= 0.6 is 0 Å². The average Bonchev–Trinajstić information content (AvgIpc) is 2.63. The third-order valence-electron chi connectivity index (χ3n) is 4.56. The van der Waals surface area contributed by atoms with Crippen LogP contribution in [0.2, 0.25) is 0 Å². The Bertz CT molecular complexity index is 783. The molecule has 0 atom stereocenters. The average molecular weight is 314 g/mol. The minimum Gasteiger partial charge on any atom is -0.354 e. The normalized spacial score (nSPS) is 14.4. The quantitative estimate of drug-likeness (QED) is 0.690. The lowest BCUT2D eigenvalue weighted by Crippen LogP contribution is -2.41. The van der Waals surface area contributed by atoms with E-state index in [4.69, 9.17) is 0 Å². The third kappa shape index (κ3) is 3.34. The van der Waals surface area contributed by atoms with Gasteiger partial charge in [0, 0.05) is 25.3 Å². The van der Waals surface area contributed by atoms with Gasteiger partial charge < -0.3 is 4.90 Å². The van der Waals surface area contributed by atoms with E-state index in [1.165, 1.54) is 22.4 Å². The Morgan fingerprint density at radius 3 is 1.92 bits per heavy atom. The molecule has 0 aliphatic carbocycles. The molecule has 0 saturated carbocycles. The lowest BCUT2D eigenvalue weighted by atomic mass is 10.1. The standard InChI is InChI=1S/C22H22N2/c1-3-9-19(10-4-1)15-23-17-21-13-7-8-14-22(21)24(18-23)16-20-11-5-2-6-12-20/h1-14H,15-18H2. The molecule has 1 aliphatic heterocycles. The molecular formula is C22H22N2. The van der Waals surface area contributed by atoms with Crippen molar-refractivity contribution in [3.63, 3.8) is 0 Å². The van der Waals surface area contributed by atoms with Gasteiger partial charge >= 0.3 is 0 Å². The maximum Gasteiger partial charge on any atom is 0.0716 e. The first-order valence-electron chi connectivity index (χ1n) is 8.51. The number of rotatable bonds is 4. The van der Waals surface area contributed by atoms with Crippen LogP contribution in [0.5, 0.6) is 0 Å². The Balaban J connectivity index is 1.58. The van der Waals surface area contributed by atoms with E-state index in [1.54, 1.807) is 0 Å². The molecule has 0 spiro atoms. The molecule has 0 radical (unpaired) electrons. The number of nitrogens with zero attached hydrogens (tertiary/aromatic N) is 2. The van der Waals surface area contributed by atoms with Gasteiger partial charge in [0.05, 0.1) is 6.67 Å². The molecule has 0 N–H and O–H groups in total. The van der Waals surface area contributed by atoms with E-state index in [2.05, 4.69) is 94.7 Å². The molecule has 3 aromatic carbocycles. The molecule has 0 aromatic heterocycles. The van der Waals surface area contributed by atoms with Crippen LogP contribution in [0.3, 0.4) is 0 Å². The van der Waals surface area contributed by atoms with E-state index in [0.717, 1.165) is 26.3 Å². The lowest BCUT2D eigenvalue weighted by molar-refractivity contribution is 0.242. The predicted octanol–water partition coefficient (Wildman–Crippen LogP) is 4.67. The van der Waals surface area contributed by atoms with Crippen LogP contribution < -0.4 is 4.90 Å². The van der Waals surface area contributed by atoms with Crippen LogP contribution in [0.1, 0.15) is 16.7 Å². The summed E-state index contributed by atoms with van der Waals surface area (Å²) in [7, 11) is 0. The van der Waals surface area contributed by atoms with Gasteiger partial charge in [-0.05, 0) is 22.8 Å². The molecule has 24 heavy (non-hydrogen) atoms. The molecule has 0 fully saturated rings. The smallest absolute Gasteiger partial charge is 0.0716 e. The second-order valence-corrected chi connectivity index (χ2v) is 6.43. The zero-order valence-corrected chi connectivity index (χ0v) is 13.8. The van der Waals surface area contributed by atoms with Crippen LogP contribution in [0.25, 0.3) is 0 Å². The molecule has 1 aliphatic rings. The minimum atomic E-state index is 0.948. The second kappa shape index (κ2) is 6.90. The van der Waals surface area contributed by atoms with Crippen LogP contribution in [-0.4, -0.2) is 11.6 Å². The first kappa shape index (κ1) is 15.0. The summed E-state index contributed by atoms with van der Waals surface area (Å²) in [5.74, 6) is 0. The highest BCUT2D eigenvalue weighted by atomic mass is 15.3. The highest BCUT2D eigenvalue weighted by Crippen LogP contribution is 2.29. The molecular weight excluding hydrogens is 292 g/mol. The molecule has 4 rings (SSSR count). The van der Waals surface area contributed by atoms with Crippen molar-refractivity contribution in [1.82, 2.24) is 4.90 Å². The molecule has 2 heteroatoms. The fourth-order valence-electron chi connectivity index (χ4n) is 3.45. The molecule has 120 valence electrons. The van der Waals surface area contributed by atoms with E-state index in [9.17, 15) is 0 Å². The maximum atomic E-state index is 2.51. The van der Waals surface area contributed by atoms with E-state index in [0.29, 0.717) is 0 Å². The topological polar surface area (TPSA) is 6.48 Å². The van der Waals surface area contributed by atoms with E-state index < -0.39 is 0 Å². The van der Waals surface area contributed by atoms with E-state index >= 15 is 0 Å². The van der Waals surface area contributed by atoms with Crippen molar-refractivity contribution in [2.45, 2.75) is 19.6 Å². The number of hydrogen-bond donors (Lipinski definition) is 0. The fourth-order valence-corrected chi connectivity index (χ4v) is 3.45. The number of para-hydroxylation sites is 1. The van der Waals surface area contributed by atoms with Crippen molar-refractivity contribution in [3.05, 3.63) is 102 Å². The van der Waals surface area contributed by atoms with Crippen molar-refractivity contribution < 1.29 is 0 Å². The molecule has 0 saturated heterocycles. The van der Waals surface area contributed by atoms with Crippen LogP contribution in [0.4, 0.5) is 5.69 Å². The Kier molecular flexibility index (Phi) is 4.30. The van der Waals surface area contributed by atoms with Gasteiger partial charge in [-0.25, -0.2) is 0 Å². The highest BCUT2D eigenvalue weighted by Gasteiger charge is 2.22. The van der Waals surface area contributed by atoms with Gasteiger partial charge in [-0.3, -0.25) is 4.90 Å². The summed E-state index contributed by atoms with van der Waals surface area (Å²) in [4.78, 5) is 5.00. The van der Waals surface area contributed by atoms with Crippen LogP contribution in [-0.2, 0) is 19.6 Å². The number of anilines is 1. The molecule has 2 nitrogen and oxygen atoms in total. The summed E-state index contributed by atoms with van der Waals surface area (Å²) >= 11 is 0. The number of fused-ring (bicyclic) bond motifs is 1. The monoisotopic (exact) mass is 314 g/mol. The Morgan fingerprint density at radius 2 is 1.21 bits per heavy atom. The first-order valence-corrected chi connectivity index (χ1v) is 8.51. The molecule has 0 bridgehead atoms. The Labute approximate surface area is 144 Å². The predicted molar refractivity (Wildman–Crippen MR) is 99.6 cm³/mol. The molecule has 3 aromatic rings. The highest BCUT2D eigenvalue weighted by molar-refractivity contribution is 5.55. The first-order chi connectivity index (χ1) is 11.9. The van der Waals surface area contributed by atoms with Gasteiger partial charge in [-0.2, -0.15) is 0 Å². The summed E-state index contributed by atoms with van der Waals surface area (Å²) in [5.41, 5.74) is 5.51. The largest absolute Gasteiger partial charge is 0.354 e. The fraction of sp³-hybridized carbons (Fsp3) is 0.182. The van der Waals surface area contributed by atoms with E-state index in [1.807, 2.05) is 0 Å².